The number of fused-ring (bicyclic) bond motifs is 3. The number of piperidine rings is 1. The normalized spacial score (nSPS) is 23.2. The SMILES string of the molecule is COc1cc2c(cc1OCC(F)F)CCN1CC(CC(C)C)C(OC(=O)CC(C)C)CC21. The van der Waals surface area contributed by atoms with E-state index in [0.717, 1.165) is 43.5 Å². The fourth-order valence-corrected chi connectivity index (χ4v) is 5.04. The molecule has 3 rings (SSSR count). The van der Waals surface area contributed by atoms with E-state index in [4.69, 9.17) is 14.2 Å². The topological polar surface area (TPSA) is 48.0 Å². The zero-order valence-electron chi connectivity index (χ0n) is 19.9. The average molecular weight is 454 g/mol. The van der Waals surface area contributed by atoms with E-state index in [-0.39, 0.29) is 24.0 Å². The van der Waals surface area contributed by atoms with Gasteiger partial charge in [-0.25, -0.2) is 8.78 Å². The molecule has 5 nitrogen and oxygen atoms in total. The Morgan fingerprint density at radius 1 is 1.16 bits per heavy atom. The number of esters is 1. The molecule has 1 fully saturated rings. The molecule has 0 N–H and O–H groups in total. The minimum absolute atomic E-state index is 0.108. The molecular weight excluding hydrogens is 416 g/mol. The third kappa shape index (κ3) is 6.12. The van der Waals surface area contributed by atoms with Crippen LogP contribution in [-0.2, 0) is 16.0 Å². The summed E-state index contributed by atoms with van der Waals surface area (Å²) in [6.45, 7) is 9.56. The third-order valence-electron chi connectivity index (χ3n) is 6.34. The minimum atomic E-state index is -2.54. The smallest absolute Gasteiger partial charge is 0.306 e. The summed E-state index contributed by atoms with van der Waals surface area (Å²) < 4.78 is 42.1. The quantitative estimate of drug-likeness (QED) is 0.477. The van der Waals surface area contributed by atoms with E-state index >= 15 is 0 Å². The van der Waals surface area contributed by atoms with Gasteiger partial charge in [-0.2, -0.15) is 0 Å². The van der Waals surface area contributed by atoms with Gasteiger partial charge < -0.3 is 14.2 Å². The van der Waals surface area contributed by atoms with Crippen molar-refractivity contribution >= 4 is 5.97 Å². The van der Waals surface area contributed by atoms with E-state index in [1.165, 1.54) is 7.11 Å². The van der Waals surface area contributed by atoms with Crippen LogP contribution in [0.5, 0.6) is 11.5 Å². The lowest BCUT2D eigenvalue weighted by Crippen LogP contribution is -2.49. The molecule has 1 aromatic carbocycles. The zero-order valence-corrected chi connectivity index (χ0v) is 19.9. The Balaban J connectivity index is 1.85. The van der Waals surface area contributed by atoms with Crippen molar-refractivity contribution in [3.8, 4) is 11.5 Å². The summed E-state index contributed by atoms with van der Waals surface area (Å²) in [5, 5.41) is 0. The number of alkyl halides is 2. The van der Waals surface area contributed by atoms with Gasteiger partial charge in [0.2, 0.25) is 0 Å². The van der Waals surface area contributed by atoms with E-state index in [2.05, 4.69) is 18.7 Å². The third-order valence-corrected chi connectivity index (χ3v) is 6.34. The van der Waals surface area contributed by atoms with E-state index in [1.54, 1.807) is 0 Å². The minimum Gasteiger partial charge on any atom is -0.493 e. The lowest BCUT2D eigenvalue weighted by Gasteiger charge is -2.47. The van der Waals surface area contributed by atoms with Crippen LogP contribution in [-0.4, -0.2) is 50.2 Å². The molecule has 0 saturated carbocycles. The Hall–Kier alpha value is -1.89. The molecule has 0 radical (unpaired) electrons. The molecule has 0 amide bonds. The lowest BCUT2D eigenvalue weighted by molar-refractivity contribution is -0.158. The first-order valence-electron chi connectivity index (χ1n) is 11.7. The second-order valence-corrected chi connectivity index (χ2v) is 9.92. The standard InChI is InChI=1S/C25H37F2NO4/c1-15(2)8-18-13-28-7-6-17-10-23(31-14-24(26)27)22(30-5)11-19(17)20(28)12-21(18)32-25(29)9-16(3)4/h10-11,15-16,18,20-21,24H,6-9,12-14H2,1-5H3. The molecule has 0 spiro atoms. The molecule has 7 heteroatoms. The Bertz CT molecular complexity index is 783. The molecule has 3 unspecified atom stereocenters. The summed E-state index contributed by atoms with van der Waals surface area (Å²) >= 11 is 0. The fourth-order valence-electron chi connectivity index (χ4n) is 5.04. The van der Waals surface area contributed by atoms with Gasteiger partial charge in [-0.1, -0.05) is 27.7 Å². The van der Waals surface area contributed by atoms with Crippen molar-refractivity contribution in [1.82, 2.24) is 4.90 Å². The Morgan fingerprint density at radius 3 is 2.53 bits per heavy atom. The number of hydrogen-bond acceptors (Lipinski definition) is 5. The number of hydrogen-bond donors (Lipinski definition) is 0. The number of benzene rings is 1. The van der Waals surface area contributed by atoms with Crippen LogP contribution in [0.25, 0.3) is 0 Å². The summed E-state index contributed by atoms with van der Waals surface area (Å²) in [5.74, 6) is 1.78. The maximum atomic E-state index is 12.7. The zero-order chi connectivity index (χ0) is 23.4. The number of rotatable bonds is 9. The number of carbonyl (C=O) groups excluding carboxylic acids is 1. The van der Waals surface area contributed by atoms with Crippen molar-refractivity contribution in [2.75, 3.05) is 26.8 Å². The summed E-state index contributed by atoms with van der Waals surface area (Å²) in [4.78, 5) is 15.0. The van der Waals surface area contributed by atoms with Crippen molar-refractivity contribution in [3.63, 3.8) is 0 Å². The molecule has 2 heterocycles. The van der Waals surface area contributed by atoms with Gasteiger partial charge in [0.05, 0.1) is 7.11 Å². The molecule has 32 heavy (non-hydrogen) atoms. The summed E-state index contributed by atoms with van der Waals surface area (Å²) in [7, 11) is 1.52. The largest absolute Gasteiger partial charge is 0.493 e. The highest BCUT2D eigenvalue weighted by atomic mass is 19.3. The van der Waals surface area contributed by atoms with E-state index in [1.807, 2.05) is 26.0 Å². The molecule has 0 aromatic heterocycles. The first-order valence-corrected chi connectivity index (χ1v) is 11.7. The van der Waals surface area contributed by atoms with E-state index < -0.39 is 13.0 Å². The van der Waals surface area contributed by atoms with Crippen molar-refractivity contribution in [2.45, 2.75) is 71.9 Å². The van der Waals surface area contributed by atoms with Crippen LogP contribution in [0.4, 0.5) is 8.78 Å². The number of methoxy groups -OCH3 is 1. The number of ether oxygens (including phenoxy) is 3. The molecule has 2 aliphatic heterocycles. The van der Waals surface area contributed by atoms with Gasteiger partial charge in [-0.15, -0.1) is 0 Å². The summed E-state index contributed by atoms with van der Waals surface area (Å²) in [6, 6.07) is 3.87. The van der Waals surface area contributed by atoms with Gasteiger partial charge >= 0.3 is 5.97 Å². The molecule has 1 saturated heterocycles. The van der Waals surface area contributed by atoms with Crippen LogP contribution in [0.3, 0.4) is 0 Å². The number of halogens is 2. The van der Waals surface area contributed by atoms with Gasteiger partial charge in [0.1, 0.15) is 12.7 Å². The van der Waals surface area contributed by atoms with Crippen LogP contribution in [0.15, 0.2) is 12.1 Å². The Morgan fingerprint density at radius 2 is 1.91 bits per heavy atom. The van der Waals surface area contributed by atoms with Gasteiger partial charge in [-0.3, -0.25) is 9.69 Å². The fraction of sp³-hybridized carbons (Fsp3) is 0.720. The van der Waals surface area contributed by atoms with Crippen molar-refractivity contribution < 1.29 is 27.8 Å². The number of nitrogens with zero attached hydrogens (tertiary/aromatic N) is 1. The maximum Gasteiger partial charge on any atom is 0.306 e. The molecule has 1 aromatic rings. The molecule has 2 aliphatic rings. The summed E-state index contributed by atoms with van der Waals surface area (Å²) in [6.07, 6.45) is 0.329. The van der Waals surface area contributed by atoms with Crippen molar-refractivity contribution in [1.29, 1.82) is 0 Å². The number of carbonyl (C=O) groups is 1. The first kappa shape index (κ1) is 24.7. The van der Waals surface area contributed by atoms with Gasteiger partial charge in [0.15, 0.2) is 11.5 Å². The van der Waals surface area contributed by atoms with Gasteiger partial charge in [0, 0.05) is 37.9 Å². The highest BCUT2D eigenvalue weighted by molar-refractivity contribution is 5.69. The lowest BCUT2D eigenvalue weighted by atomic mass is 9.79. The molecule has 180 valence electrons. The van der Waals surface area contributed by atoms with E-state index in [0.29, 0.717) is 29.8 Å². The second kappa shape index (κ2) is 10.8. The van der Waals surface area contributed by atoms with E-state index in [9.17, 15) is 13.6 Å². The monoisotopic (exact) mass is 453 g/mol. The predicted octanol–water partition coefficient (Wildman–Crippen LogP) is 5.26. The molecule has 0 bridgehead atoms. The second-order valence-electron chi connectivity index (χ2n) is 9.92. The maximum absolute atomic E-state index is 12.7. The highest BCUT2D eigenvalue weighted by Crippen LogP contribution is 2.44. The van der Waals surface area contributed by atoms with Crippen LogP contribution in [0, 0.1) is 17.8 Å². The van der Waals surface area contributed by atoms with Crippen LogP contribution in [0.2, 0.25) is 0 Å². The molecule has 3 atom stereocenters. The van der Waals surface area contributed by atoms with Gasteiger partial charge in [0.25, 0.3) is 6.43 Å². The van der Waals surface area contributed by atoms with Crippen molar-refractivity contribution in [2.24, 2.45) is 17.8 Å². The van der Waals surface area contributed by atoms with Gasteiger partial charge in [-0.05, 0) is 47.9 Å². The Labute approximate surface area is 190 Å². The van der Waals surface area contributed by atoms with Crippen molar-refractivity contribution in [3.05, 3.63) is 23.3 Å². The summed E-state index contributed by atoms with van der Waals surface area (Å²) in [5.41, 5.74) is 2.20. The van der Waals surface area contributed by atoms with Crippen LogP contribution in [0.1, 0.15) is 64.1 Å². The molecular formula is C25H37F2NO4. The van der Waals surface area contributed by atoms with Crippen LogP contribution >= 0.6 is 0 Å². The highest BCUT2D eigenvalue weighted by Gasteiger charge is 2.41. The van der Waals surface area contributed by atoms with Crippen LogP contribution < -0.4 is 9.47 Å². The predicted molar refractivity (Wildman–Crippen MR) is 119 cm³/mol. The average Bonchev–Trinajstić information content (AvgIpc) is 2.70. The molecule has 0 aliphatic carbocycles. The Kier molecular flexibility index (Phi) is 8.37. The first-order chi connectivity index (χ1) is 15.2.